The standard InChI is InChI=1S/C19H21NO4/c1-14(24-13-15-8-4-2-5-9-15)18(21)20-12-17(19(22)23)16-10-6-3-7-11-16/h2-11,14,17H,12-13H2,1H3,(H,20,21)(H,22,23). The first-order chi connectivity index (χ1) is 11.6. The second-order valence-electron chi connectivity index (χ2n) is 5.49. The molecule has 0 aromatic heterocycles. The van der Waals surface area contributed by atoms with Gasteiger partial charge in [0, 0.05) is 6.54 Å². The zero-order valence-electron chi connectivity index (χ0n) is 13.5. The fourth-order valence-corrected chi connectivity index (χ4v) is 2.25. The topological polar surface area (TPSA) is 75.6 Å². The second kappa shape index (κ2) is 8.84. The quantitative estimate of drug-likeness (QED) is 0.781. The Bertz CT molecular complexity index is 658. The van der Waals surface area contributed by atoms with Gasteiger partial charge in [0.1, 0.15) is 6.10 Å². The van der Waals surface area contributed by atoms with Crippen LogP contribution in [0.15, 0.2) is 60.7 Å². The molecule has 0 radical (unpaired) electrons. The molecule has 2 atom stereocenters. The molecule has 126 valence electrons. The fraction of sp³-hybridized carbons (Fsp3) is 0.263. The molecule has 2 unspecified atom stereocenters. The van der Waals surface area contributed by atoms with Crippen LogP contribution in [0, 0.1) is 0 Å². The van der Waals surface area contributed by atoms with Crippen molar-refractivity contribution in [3.05, 3.63) is 71.8 Å². The molecule has 24 heavy (non-hydrogen) atoms. The molecule has 1 amide bonds. The first-order valence-electron chi connectivity index (χ1n) is 7.79. The summed E-state index contributed by atoms with van der Waals surface area (Å²) < 4.78 is 5.53. The summed E-state index contributed by atoms with van der Waals surface area (Å²) in [5.41, 5.74) is 1.63. The van der Waals surface area contributed by atoms with E-state index in [1.807, 2.05) is 36.4 Å². The van der Waals surface area contributed by atoms with Crippen molar-refractivity contribution in [2.24, 2.45) is 0 Å². The average molecular weight is 327 g/mol. The van der Waals surface area contributed by atoms with E-state index in [4.69, 9.17) is 4.74 Å². The van der Waals surface area contributed by atoms with Gasteiger partial charge in [0.2, 0.25) is 5.91 Å². The van der Waals surface area contributed by atoms with Crippen molar-refractivity contribution in [3.8, 4) is 0 Å². The maximum atomic E-state index is 12.1. The van der Waals surface area contributed by atoms with E-state index in [2.05, 4.69) is 5.32 Å². The molecule has 2 aromatic carbocycles. The van der Waals surface area contributed by atoms with Crippen LogP contribution in [0.1, 0.15) is 24.0 Å². The number of amides is 1. The molecule has 0 fully saturated rings. The first-order valence-corrected chi connectivity index (χ1v) is 7.79. The Balaban J connectivity index is 1.85. The van der Waals surface area contributed by atoms with Crippen molar-refractivity contribution in [1.82, 2.24) is 5.32 Å². The third-order valence-corrected chi connectivity index (χ3v) is 3.69. The number of carbonyl (C=O) groups excluding carboxylic acids is 1. The lowest BCUT2D eigenvalue weighted by Gasteiger charge is -2.17. The molecule has 0 saturated heterocycles. The van der Waals surface area contributed by atoms with E-state index in [-0.39, 0.29) is 12.5 Å². The van der Waals surface area contributed by atoms with Crippen molar-refractivity contribution in [2.45, 2.75) is 25.6 Å². The van der Waals surface area contributed by atoms with Crippen LogP contribution in [0.4, 0.5) is 0 Å². The Morgan fingerprint density at radius 3 is 2.21 bits per heavy atom. The molecular weight excluding hydrogens is 306 g/mol. The molecule has 0 aliphatic rings. The van der Waals surface area contributed by atoms with Crippen LogP contribution in [0.5, 0.6) is 0 Å². The van der Waals surface area contributed by atoms with Crippen molar-refractivity contribution < 1.29 is 19.4 Å². The van der Waals surface area contributed by atoms with Crippen molar-refractivity contribution in [3.63, 3.8) is 0 Å². The molecule has 0 spiro atoms. The van der Waals surface area contributed by atoms with E-state index < -0.39 is 18.0 Å². The summed E-state index contributed by atoms with van der Waals surface area (Å²) in [5, 5.41) is 12.0. The molecule has 5 nitrogen and oxygen atoms in total. The minimum atomic E-state index is -0.973. The van der Waals surface area contributed by atoms with Gasteiger partial charge < -0.3 is 15.2 Å². The summed E-state index contributed by atoms with van der Waals surface area (Å²) in [6.07, 6.45) is -0.657. The van der Waals surface area contributed by atoms with Gasteiger partial charge in [0.25, 0.3) is 0 Å². The molecule has 0 saturated carbocycles. The smallest absolute Gasteiger partial charge is 0.312 e. The number of hydrogen-bond acceptors (Lipinski definition) is 3. The van der Waals surface area contributed by atoms with E-state index >= 15 is 0 Å². The van der Waals surface area contributed by atoms with Crippen molar-refractivity contribution >= 4 is 11.9 Å². The number of hydrogen-bond donors (Lipinski definition) is 2. The Hall–Kier alpha value is -2.66. The summed E-state index contributed by atoms with van der Waals surface area (Å²) >= 11 is 0. The van der Waals surface area contributed by atoms with Gasteiger partial charge in [0.15, 0.2) is 0 Å². The fourth-order valence-electron chi connectivity index (χ4n) is 2.25. The van der Waals surface area contributed by atoms with E-state index in [1.54, 1.807) is 31.2 Å². The first kappa shape index (κ1) is 17.7. The molecule has 0 heterocycles. The number of ether oxygens (including phenoxy) is 1. The van der Waals surface area contributed by atoms with Crippen LogP contribution in [0.25, 0.3) is 0 Å². The average Bonchev–Trinajstić information content (AvgIpc) is 2.61. The predicted octanol–water partition coefficient (Wildman–Crippen LogP) is 2.58. The number of carboxylic acids is 1. The number of nitrogens with one attached hydrogen (secondary N) is 1. The minimum absolute atomic E-state index is 0.0250. The van der Waals surface area contributed by atoms with Gasteiger partial charge in [0.05, 0.1) is 12.5 Å². The highest BCUT2D eigenvalue weighted by molar-refractivity contribution is 5.82. The molecule has 0 aliphatic carbocycles. The van der Waals surface area contributed by atoms with E-state index in [9.17, 15) is 14.7 Å². The van der Waals surface area contributed by atoms with Crippen LogP contribution < -0.4 is 5.32 Å². The SMILES string of the molecule is CC(OCc1ccccc1)C(=O)NCC(C(=O)O)c1ccccc1. The highest BCUT2D eigenvalue weighted by atomic mass is 16.5. The van der Waals surface area contributed by atoms with Gasteiger partial charge in [-0.1, -0.05) is 60.7 Å². The lowest BCUT2D eigenvalue weighted by Crippen LogP contribution is -2.38. The maximum absolute atomic E-state index is 12.1. The largest absolute Gasteiger partial charge is 0.481 e. The summed E-state index contributed by atoms with van der Waals surface area (Å²) in [6, 6.07) is 18.4. The van der Waals surface area contributed by atoms with Gasteiger partial charge in [-0.05, 0) is 18.1 Å². The summed E-state index contributed by atoms with van der Waals surface area (Å²) in [5.74, 6) is -2.08. The van der Waals surface area contributed by atoms with Crippen LogP contribution in [0.3, 0.4) is 0 Å². The third kappa shape index (κ3) is 5.21. The van der Waals surface area contributed by atoms with Crippen LogP contribution >= 0.6 is 0 Å². The maximum Gasteiger partial charge on any atom is 0.312 e. The van der Waals surface area contributed by atoms with Gasteiger partial charge in [-0.2, -0.15) is 0 Å². The summed E-state index contributed by atoms with van der Waals surface area (Å²) in [4.78, 5) is 23.5. The molecule has 0 aliphatic heterocycles. The lowest BCUT2D eigenvalue weighted by molar-refractivity contribution is -0.139. The number of rotatable bonds is 8. The number of carbonyl (C=O) groups is 2. The Morgan fingerprint density at radius 1 is 1.04 bits per heavy atom. The normalized spacial score (nSPS) is 13.0. The molecular formula is C19H21NO4. The second-order valence-corrected chi connectivity index (χ2v) is 5.49. The van der Waals surface area contributed by atoms with Crippen molar-refractivity contribution in [1.29, 1.82) is 0 Å². The zero-order valence-corrected chi connectivity index (χ0v) is 13.5. The highest BCUT2D eigenvalue weighted by Gasteiger charge is 2.22. The monoisotopic (exact) mass is 327 g/mol. The van der Waals surface area contributed by atoms with E-state index in [0.29, 0.717) is 12.2 Å². The molecule has 0 bridgehead atoms. The Morgan fingerprint density at radius 2 is 1.62 bits per heavy atom. The Labute approximate surface area is 141 Å². The molecule has 5 heteroatoms. The zero-order chi connectivity index (χ0) is 17.4. The molecule has 2 aromatic rings. The van der Waals surface area contributed by atoms with Crippen LogP contribution in [0.2, 0.25) is 0 Å². The number of carboxylic acid groups (broad SMARTS) is 1. The summed E-state index contributed by atoms with van der Waals surface area (Å²) in [7, 11) is 0. The number of aliphatic carboxylic acids is 1. The van der Waals surface area contributed by atoms with Gasteiger partial charge in [-0.15, -0.1) is 0 Å². The van der Waals surface area contributed by atoms with E-state index in [1.165, 1.54) is 0 Å². The van der Waals surface area contributed by atoms with Gasteiger partial charge in [-0.3, -0.25) is 9.59 Å². The van der Waals surface area contributed by atoms with Crippen LogP contribution in [-0.2, 0) is 20.9 Å². The predicted molar refractivity (Wildman–Crippen MR) is 90.5 cm³/mol. The minimum Gasteiger partial charge on any atom is -0.481 e. The van der Waals surface area contributed by atoms with Gasteiger partial charge >= 0.3 is 5.97 Å². The third-order valence-electron chi connectivity index (χ3n) is 3.69. The van der Waals surface area contributed by atoms with Gasteiger partial charge in [-0.25, -0.2) is 0 Å². The molecule has 2 rings (SSSR count). The lowest BCUT2D eigenvalue weighted by atomic mass is 9.99. The number of benzene rings is 2. The van der Waals surface area contributed by atoms with Crippen molar-refractivity contribution in [2.75, 3.05) is 6.54 Å². The highest BCUT2D eigenvalue weighted by Crippen LogP contribution is 2.15. The molecule has 2 N–H and O–H groups in total. The summed E-state index contributed by atoms with van der Waals surface area (Å²) in [6.45, 7) is 2.00. The van der Waals surface area contributed by atoms with Crippen LogP contribution in [-0.4, -0.2) is 29.6 Å². The Kier molecular flexibility index (Phi) is 6.51. The van der Waals surface area contributed by atoms with E-state index in [0.717, 1.165) is 5.56 Å².